The van der Waals surface area contributed by atoms with Crippen LogP contribution in [0.3, 0.4) is 0 Å². The smallest absolute Gasteiger partial charge is 0.259 e. The molecule has 0 saturated carbocycles. The van der Waals surface area contributed by atoms with E-state index in [2.05, 4.69) is 50.6 Å². The highest BCUT2D eigenvalue weighted by Crippen LogP contribution is 2.48. The average molecular weight is 653 g/mol. The Kier molecular flexibility index (Phi) is 15.9. The Morgan fingerprint density at radius 3 is 1.74 bits per heavy atom. The average Bonchev–Trinajstić information content (AvgIpc) is 3.07. The summed E-state index contributed by atoms with van der Waals surface area (Å²) in [6.07, 6.45) is -0.242. The molecule has 0 amide bonds. The van der Waals surface area contributed by atoms with E-state index in [9.17, 15) is 5.26 Å². The van der Waals surface area contributed by atoms with Gasteiger partial charge < -0.3 is 32.7 Å². The first kappa shape index (κ1) is 37.4. The Hall–Kier alpha value is -3.06. The van der Waals surface area contributed by atoms with E-state index < -0.39 is 20.2 Å². The van der Waals surface area contributed by atoms with Gasteiger partial charge in [0.25, 0.3) is 8.53 Å². The van der Waals surface area contributed by atoms with Crippen molar-refractivity contribution >= 4 is 8.53 Å². The number of benzene rings is 3. The monoisotopic (exact) mass is 652 g/mol. The van der Waals surface area contributed by atoms with Crippen molar-refractivity contribution < 1.29 is 32.7 Å². The van der Waals surface area contributed by atoms with Gasteiger partial charge in [0.1, 0.15) is 23.2 Å². The maximum Gasteiger partial charge on any atom is 0.259 e. The van der Waals surface area contributed by atoms with Gasteiger partial charge >= 0.3 is 0 Å². The van der Waals surface area contributed by atoms with Crippen LogP contribution in [-0.2, 0) is 28.9 Å². The van der Waals surface area contributed by atoms with Gasteiger partial charge in [0.2, 0.25) is 0 Å². The van der Waals surface area contributed by atoms with Crippen molar-refractivity contribution in [2.45, 2.75) is 57.9 Å². The quantitative estimate of drug-likeness (QED) is 0.0666. The molecule has 3 aromatic rings. The highest BCUT2D eigenvalue weighted by molar-refractivity contribution is 7.44. The van der Waals surface area contributed by atoms with Crippen molar-refractivity contribution in [3.05, 3.63) is 95.6 Å². The van der Waals surface area contributed by atoms with Gasteiger partial charge in [0.15, 0.2) is 0 Å². The van der Waals surface area contributed by atoms with Gasteiger partial charge in [0.05, 0.1) is 59.7 Å². The molecule has 0 aliphatic rings. The molecule has 1 unspecified atom stereocenters. The van der Waals surface area contributed by atoms with E-state index in [1.165, 1.54) is 0 Å². The van der Waals surface area contributed by atoms with Crippen LogP contribution in [0.2, 0.25) is 0 Å². The first-order valence-electron chi connectivity index (χ1n) is 15.6. The zero-order valence-electron chi connectivity index (χ0n) is 28.2. The van der Waals surface area contributed by atoms with Gasteiger partial charge in [-0.3, -0.25) is 0 Å². The minimum atomic E-state index is -1.54. The van der Waals surface area contributed by atoms with Crippen LogP contribution in [-0.4, -0.2) is 77.2 Å². The minimum Gasteiger partial charge on any atom is -0.497 e. The molecule has 9 nitrogen and oxygen atoms in total. The van der Waals surface area contributed by atoms with E-state index in [0.717, 1.165) is 28.2 Å². The van der Waals surface area contributed by atoms with Gasteiger partial charge in [0, 0.05) is 19.2 Å². The molecule has 3 rings (SSSR count). The lowest BCUT2D eigenvalue weighted by atomic mass is 9.80. The summed E-state index contributed by atoms with van der Waals surface area (Å²) in [5.41, 5.74) is 1.76. The molecule has 0 radical (unpaired) electrons. The number of hydrogen-bond donors (Lipinski definition) is 0. The molecule has 0 aliphatic carbocycles. The standard InChI is InChI=1S/C36H49N2O7P/c1-28(2)38(29(3)4)46(44-23-11-22-37)45-35(26-42-25-24-39-5)27-43-36(30-12-9-8-10-13-30,31-14-18-33(40-6)19-15-31)32-16-20-34(41-7)21-17-32/h8-10,12-21,28-29,35H,11,23-27H2,1-7H3/t35-,46?/m1/s1. The molecule has 0 spiro atoms. The summed E-state index contributed by atoms with van der Waals surface area (Å²) >= 11 is 0. The fraction of sp³-hybridized carbons (Fsp3) is 0.472. The molecular weight excluding hydrogens is 603 g/mol. The zero-order valence-corrected chi connectivity index (χ0v) is 29.1. The van der Waals surface area contributed by atoms with Crippen LogP contribution >= 0.6 is 8.53 Å². The Morgan fingerprint density at radius 2 is 1.26 bits per heavy atom. The van der Waals surface area contributed by atoms with Crippen molar-refractivity contribution in [1.82, 2.24) is 4.67 Å². The fourth-order valence-electron chi connectivity index (χ4n) is 5.18. The van der Waals surface area contributed by atoms with E-state index in [-0.39, 0.29) is 38.3 Å². The molecule has 0 aromatic heterocycles. The Labute approximate surface area is 276 Å². The van der Waals surface area contributed by atoms with Crippen LogP contribution in [0.25, 0.3) is 0 Å². The number of nitriles is 1. The zero-order chi connectivity index (χ0) is 33.4. The summed E-state index contributed by atoms with van der Waals surface area (Å²) in [6, 6.07) is 28.4. The van der Waals surface area contributed by atoms with Gasteiger partial charge in [-0.05, 0) is 68.7 Å². The molecule has 46 heavy (non-hydrogen) atoms. The van der Waals surface area contributed by atoms with Crippen molar-refractivity contribution in [3.8, 4) is 17.6 Å². The van der Waals surface area contributed by atoms with E-state index in [1.807, 2.05) is 66.7 Å². The SMILES string of the molecule is COCCOC[C@H](COC(c1ccccc1)(c1ccc(OC)cc1)c1ccc(OC)cc1)OP(OCCC#N)N(C(C)C)C(C)C. The molecule has 0 aliphatic heterocycles. The summed E-state index contributed by atoms with van der Waals surface area (Å²) < 4.78 is 44.6. The van der Waals surface area contributed by atoms with Crippen molar-refractivity contribution in [2.75, 3.05) is 54.4 Å². The lowest BCUT2D eigenvalue weighted by molar-refractivity contribution is -0.0625. The molecule has 3 aromatic carbocycles. The van der Waals surface area contributed by atoms with Gasteiger partial charge in [-0.25, -0.2) is 4.67 Å². The molecular formula is C36H49N2O7P. The molecule has 0 heterocycles. The number of rotatable bonds is 21. The first-order chi connectivity index (χ1) is 22.3. The third-order valence-electron chi connectivity index (χ3n) is 7.30. The second-order valence-corrected chi connectivity index (χ2v) is 12.6. The van der Waals surface area contributed by atoms with Crippen LogP contribution < -0.4 is 9.47 Å². The highest BCUT2D eigenvalue weighted by Gasteiger charge is 2.39. The van der Waals surface area contributed by atoms with E-state index in [1.54, 1.807) is 21.3 Å². The topological polar surface area (TPSA) is 91.6 Å². The van der Waals surface area contributed by atoms with E-state index >= 15 is 0 Å². The maximum atomic E-state index is 9.20. The second kappa shape index (κ2) is 19.6. The molecule has 0 saturated heterocycles. The fourth-order valence-corrected chi connectivity index (χ4v) is 6.86. The summed E-state index contributed by atoms with van der Waals surface area (Å²) in [4.78, 5) is 0. The van der Waals surface area contributed by atoms with Crippen LogP contribution in [0.4, 0.5) is 0 Å². The van der Waals surface area contributed by atoms with Crippen molar-refractivity contribution in [1.29, 1.82) is 5.26 Å². The number of ether oxygens (including phenoxy) is 5. The van der Waals surface area contributed by atoms with Gasteiger partial charge in [-0.15, -0.1) is 0 Å². The predicted molar refractivity (Wildman–Crippen MR) is 181 cm³/mol. The van der Waals surface area contributed by atoms with Crippen LogP contribution in [0.1, 0.15) is 50.8 Å². The van der Waals surface area contributed by atoms with Crippen molar-refractivity contribution in [2.24, 2.45) is 0 Å². The normalized spacial score (nSPS) is 13.2. The maximum absolute atomic E-state index is 9.20. The summed E-state index contributed by atoms with van der Waals surface area (Å²) in [5.74, 6) is 1.49. The molecule has 250 valence electrons. The molecule has 0 fully saturated rings. The summed E-state index contributed by atoms with van der Waals surface area (Å²) in [7, 11) is 3.40. The second-order valence-electron chi connectivity index (χ2n) is 11.2. The Balaban J connectivity index is 2.10. The lowest BCUT2D eigenvalue weighted by Gasteiger charge is -2.39. The molecule has 2 atom stereocenters. The highest BCUT2D eigenvalue weighted by atomic mass is 31.2. The summed E-state index contributed by atoms with van der Waals surface area (Å²) in [5, 5.41) is 9.20. The van der Waals surface area contributed by atoms with E-state index in [0.29, 0.717) is 13.2 Å². The summed E-state index contributed by atoms with van der Waals surface area (Å²) in [6.45, 7) is 10.00. The lowest BCUT2D eigenvalue weighted by Crippen LogP contribution is -2.39. The molecule has 0 N–H and O–H groups in total. The first-order valence-corrected chi connectivity index (χ1v) is 16.7. The largest absolute Gasteiger partial charge is 0.497 e. The number of nitrogens with zero attached hydrogens (tertiary/aromatic N) is 2. The van der Waals surface area contributed by atoms with Crippen LogP contribution in [0.5, 0.6) is 11.5 Å². The van der Waals surface area contributed by atoms with Crippen molar-refractivity contribution in [3.63, 3.8) is 0 Å². The molecule has 10 heteroatoms. The minimum absolute atomic E-state index is 0.145. The number of methoxy groups -OCH3 is 3. The third-order valence-corrected chi connectivity index (χ3v) is 9.48. The van der Waals surface area contributed by atoms with Gasteiger partial charge in [-0.2, -0.15) is 5.26 Å². The Bertz CT molecular complexity index is 1250. The van der Waals surface area contributed by atoms with E-state index in [4.69, 9.17) is 32.7 Å². The van der Waals surface area contributed by atoms with Crippen LogP contribution in [0, 0.1) is 11.3 Å². The van der Waals surface area contributed by atoms with Crippen LogP contribution in [0.15, 0.2) is 78.9 Å². The van der Waals surface area contributed by atoms with Gasteiger partial charge in [-0.1, -0.05) is 54.6 Å². The molecule has 0 bridgehead atoms. The predicted octanol–water partition coefficient (Wildman–Crippen LogP) is 7.34. The third kappa shape index (κ3) is 10.2. The Morgan fingerprint density at radius 1 is 0.717 bits per heavy atom. The number of hydrogen-bond acceptors (Lipinski definition) is 9.